The molecule has 2 rings (SSSR count). The number of nitro groups is 1. The largest absolute Gasteiger partial charge is 0.496 e. The Morgan fingerprint density at radius 1 is 0.821 bits per heavy atom. The number of methoxy groups -OCH3 is 1. The molecule has 0 aliphatic rings. The molecule has 6 nitrogen and oxygen atoms in total. The summed E-state index contributed by atoms with van der Waals surface area (Å²) in [6.45, 7) is 16.0. The normalized spacial score (nSPS) is 7.89. The first-order valence-corrected chi connectivity index (χ1v) is 9.69. The molecule has 0 bridgehead atoms. The Kier molecular flexibility index (Phi) is 21.8. The zero-order valence-corrected chi connectivity index (χ0v) is 18.6. The third-order valence-corrected chi connectivity index (χ3v) is 2.61. The van der Waals surface area contributed by atoms with E-state index in [1.807, 2.05) is 55.4 Å². The van der Waals surface area contributed by atoms with Crippen molar-refractivity contribution in [1.29, 1.82) is 0 Å². The summed E-state index contributed by atoms with van der Waals surface area (Å²) >= 11 is 0. The van der Waals surface area contributed by atoms with Crippen molar-refractivity contribution in [2.45, 2.75) is 55.4 Å². The van der Waals surface area contributed by atoms with E-state index in [0.717, 1.165) is 0 Å². The Morgan fingerprint density at radius 2 is 1.29 bits per heavy atom. The van der Waals surface area contributed by atoms with Crippen LogP contribution in [0.4, 0.5) is 5.69 Å². The van der Waals surface area contributed by atoms with E-state index in [1.165, 1.54) is 37.4 Å². The summed E-state index contributed by atoms with van der Waals surface area (Å²) in [5.41, 5.74) is 0.354. The number of rotatable bonds is 5. The summed E-state index contributed by atoms with van der Waals surface area (Å²) in [6, 6.07) is 10.5. The minimum atomic E-state index is -0.484. The number of nitrogens with zero attached hydrogens (tertiary/aromatic N) is 1. The summed E-state index contributed by atoms with van der Waals surface area (Å²) in [5.74, 6) is 1.34. The maximum absolute atomic E-state index is 10.9. The van der Waals surface area contributed by atoms with Crippen LogP contribution in [0.15, 0.2) is 42.5 Å². The molecule has 158 valence electrons. The molecule has 28 heavy (non-hydrogen) atoms. The van der Waals surface area contributed by atoms with Crippen molar-refractivity contribution < 1.29 is 19.2 Å². The van der Waals surface area contributed by atoms with Gasteiger partial charge in [0.05, 0.1) is 17.6 Å². The van der Waals surface area contributed by atoms with Crippen molar-refractivity contribution >= 4 is 12.0 Å². The average molecular weight is 394 g/mol. The Hall–Kier alpha value is -2.89. The molecule has 0 unspecified atom stereocenters. The summed E-state index contributed by atoms with van der Waals surface area (Å²) in [6.07, 6.45) is 0.668. The average Bonchev–Trinajstić information content (AvgIpc) is 2.79. The molecule has 0 aliphatic carbocycles. The van der Waals surface area contributed by atoms with Crippen LogP contribution in [0.1, 0.15) is 65.7 Å². The molecular weight excluding hydrogens is 358 g/mol. The number of nitro benzene ring substituents is 1. The van der Waals surface area contributed by atoms with Crippen LogP contribution in [-0.2, 0) is 0 Å². The van der Waals surface area contributed by atoms with Crippen molar-refractivity contribution in [2.75, 3.05) is 7.11 Å². The standard InChI is InChI=1S/C14H11NO5.4C2H6/c1-19-14-7-6-13(8-10(14)9-16)20-12-4-2-11(3-5-12)15(17)18;4*1-2/h2-9H,1H3;4*1-2H3. The van der Waals surface area contributed by atoms with Crippen molar-refractivity contribution in [2.24, 2.45) is 0 Å². The van der Waals surface area contributed by atoms with Crippen LogP contribution in [0.2, 0.25) is 0 Å². The SMILES string of the molecule is CC.CC.CC.CC.COc1ccc(Oc2ccc([N+](=O)[O-])cc2)cc1C=O. The summed E-state index contributed by atoms with van der Waals surface area (Å²) in [5, 5.41) is 10.5. The van der Waals surface area contributed by atoms with Gasteiger partial charge in [0.2, 0.25) is 0 Å². The second-order valence-electron chi connectivity index (χ2n) is 3.87. The van der Waals surface area contributed by atoms with Crippen molar-refractivity contribution in [1.82, 2.24) is 0 Å². The molecule has 2 aromatic rings. The van der Waals surface area contributed by atoms with Gasteiger partial charge in [0.25, 0.3) is 5.69 Å². The highest BCUT2D eigenvalue weighted by Gasteiger charge is 2.07. The van der Waals surface area contributed by atoms with Gasteiger partial charge in [-0.1, -0.05) is 55.4 Å². The van der Waals surface area contributed by atoms with Crippen molar-refractivity contribution in [3.05, 3.63) is 58.1 Å². The Morgan fingerprint density at radius 3 is 1.68 bits per heavy atom. The second-order valence-corrected chi connectivity index (χ2v) is 3.87. The smallest absolute Gasteiger partial charge is 0.269 e. The van der Waals surface area contributed by atoms with Crippen LogP contribution >= 0.6 is 0 Å². The fourth-order valence-corrected chi connectivity index (χ4v) is 1.64. The lowest BCUT2D eigenvalue weighted by Crippen LogP contribution is -1.92. The van der Waals surface area contributed by atoms with Gasteiger partial charge in [0.1, 0.15) is 17.2 Å². The number of non-ortho nitro benzene ring substituents is 1. The van der Waals surface area contributed by atoms with Crippen LogP contribution in [-0.4, -0.2) is 18.3 Å². The molecule has 0 atom stereocenters. The first-order chi connectivity index (χ1) is 13.6. The lowest BCUT2D eigenvalue weighted by Gasteiger charge is -2.08. The van der Waals surface area contributed by atoms with Gasteiger partial charge in [-0.3, -0.25) is 14.9 Å². The van der Waals surface area contributed by atoms with E-state index in [2.05, 4.69) is 0 Å². The third-order valence-electron chi connectivity index (χ3n) is 2.61. The fraction of sp³-hybridized carbons (Fsp3) is 0.409. The van der Waals surface area contributed by atoms with Gasteiger partial charge in [-0.2, -0.15) is 0 Å². The van der Waals surface area contributed by atoms with Crippen LogP contribution in [0.5, 0.6) is 17.2 Å². The van der Waals surface area contributed by atoms with E-state index in [0.29, 0.717) is 29.1 Å². The maximum atomic E-state index is 10.9. The Bertz CT molecular complexity index is 640. The molecule has 0 N–H and O–H groups in total. The van der Waals surface area contributed by atoms with Crippen LogP contribution < -0.4 is 9.47 Å². The molecule has 2 aromatic carbocycles. The van der Waals surface area contributed by atoms with E-state index in [4.69, 9.17) is 9.47 Å². The molecule has 0 saturated carbocycles. The highest BCUT2D eigenvalue weighted by Crippen LogP contribution is 2.27. The van der Waals surface area contributed by atoms with E-state index in [1.54, 1.807) is 12.1 Å². The van der Waals surface area contributed by atoms with Gasteiger partial charge < -0.3 is 9.47 Å². The van der Waals surface area contributed by atoms with Crippen molar-refractivity contribution in [3.8, 4) is 17.2 Å². The number of carbonyl (C=O) groups excluding carboxylic acids is 1. The van der Waals surface area contributed by atoms with Gasteiger partial charge in [-0.15, -0.1) is 0 Å². The minimum Gasteiger partial charge on any atom is -0.496 e. The molecule has 0 aliphatic heterocycles. The highest BCUT2D eigenvalue weighted by molar-refractivity contribution is 5.80. The van der Waals surface area contributed by atoms with Crippen LogP contribution in [0, 0.1) is 10.1 Å². The Balaban J connectivity index is -0.000000695. The topological polar surface area (TPSA) is 78.7 Å². The van der Waals surface area contributed by atoms with Crippen LogP contribution in [0.3, 0.4) is 0 Å². The zero-order valence-electron chi connectivity index (χ0n) is 18.6. The van der Waals surface area contributed by atoms with Gasteiger partial charge in [0, 0.05) is 12.1 Å². The lowest BCUT2D eigenvalue weighted by molar-refractivity contribution is -0.384. The molecule has 0 heterocycles. The number of benzene rings is 2. The number of ether oxygens (including phenoxy) is 2. The highest BCUT2D eigenvalue weighted by atomic mass is 16.6. The second kappa shape index (κ2) is 20.4. The molecular formula is C22H35NO5. The van der Waals surface area contributed by atoms with E-state index < -0.39 is 4.92 Å². The van der Waals surface area contributed by atoms with Gasteiger partial charge in [-0.25, -0.2) is 0 Å². The first kappa shape index (κ1) is 29.9. The molecule has 0 fully saturated rings. The predicted octanol–water partition coefficient (Wildman–Crippen LogP) is 7.31. The molecule has 0 saturated heterocycles. The van der Waals surface area contributed by atoms with E-state index >= 15 is 0 Å². The number of aldehydes is 1. The van der Waals surface area contributed by atoms with Crippen LogP contribution in [0.25, 0.3) is 0 Å². The lowest BCUT2D eigenvalue weighted by atomic mass is 10.2. The number of hydrogen-bond acceptors (Lipinski definition) is 5. The monoisotopic (exact) mass is 393 g/mol. The zero-order chi connectivity index (χ0) is 22.5. The van der Waals surface area contributed by atoms with E-state index in [9.17, 15) is 14.9 Å². The van der Waals surface area contributed by atoms with Gasteiger partial charge in [-0.05, 0) is 30.3 Å². The summed E-state index contributed by atoms with van der Waals surface area (Å²) in [4.78, 5) is 21.0. The first-order valence-electron chi connectivity index (χ1n) is 9.69. The van der Waals surface area contributed by atoms with E-state index in [-0.39, 0.29) is 5.69 Å². The third kappa shape index (κ3) is 11.0. The summed E-state index contributed by atoms with van der Waals surface area (Å²) < 4.78 is 10.5. The maximum Gasteiger partial charge on any atom is 0.269 e. The molecule has 0 amide bonds. The summed E-state index contributed by atoms with van der Waals surface area (Å²) in [7, 11) is 1.47. The molecule has 6 heteroatoms. The Labute approximate surface area is 169 Å². The van der Waals surface area contributed by atoms with Crippen molar-refractivity contribution in [3.63, 3.8) is 0 Å². The predicted molar refractivity (Wildman–Crippen MR) is 117 cm³/mol. The molecule has 0 spiro atoms. The molecule has 0 radical (unpaired) electrons. The minimum absolute atomic E-state index is 0.0133. The van der Waals surface area contributed by atoms with Gasteiger partial charge in [0.15, 0.2) is 6.29 Å². The number of carbonyl (C=O) groups is 1. The molecule has 0 aromatic heterocycles. The van der Waals surface area contributed by atoms with Gasteiger partial charge >= 0.3 is 0 Å². The number of hydrogen-bond donors (Lipinski definition) is 0. The fourth-order valence-electron chi connectivity index (χ4n) is 1.64. The quantitative estimate of drug-likeness (QED) is 0.302.